The fourth-order valence-corrected chi connectivity index (χ4v) is 2.22. The second-order valence-electron chi connectivity index (χ2n) is 7.96. The summed E-state index contributed by atoms with van der Waals surface area (Å²) in [6.07, 6.45) is 3.96. The van der Waals surface area contributed by atoms with E-state index < -0.39 is 0 Å². The zero-order valence-corrected chi connectivity index (χ0v) is 14.6. The summed E-state index contributed by atoms with van der Waals surface area (Å²) in [7, 11) is 24.6. The Bertz CT molecular complexity index is 555. The summed E-state index contributed by atoms with van der Waals surface area (Å²) < 4.78 is 0. The first kappa shape index (κ1) is 19.0. The lowest BCUT2D eigenvalue weighted by atomic mass is 9.70. The van der Waals surface area contributed by atoms with Crippen molar-refractivity contribution < 1.29 is 0 Å². The van der Waals surface area contributed by atoms with Gasteiger partial charge in [-0.1, -0.05) is 87.7 Å². The Morgan fingerprint density at radius 1 is 0.727 bits per heavy atom. The fourth-order valence-electron chi connectivity index (χ4n) is 2.22. The lowest BCUT2D eigenvalue weighted by Crippen LogP contribution is -2.21. The molecule has 0 bridgehead atoms. The Labute approximate surface area is 141 Å². The lowest BCUT2D eigenvalue weighted by Gasteiger charge is -2.20. The van der Waals surface area contributed by atoms with Crippen LogP contribution in [0.15, 0.2) is 24.3 Å². The fraction of sp³-hybridized carbons (Fsp3) is 0.444. The Balaban J connectivity index is 3.35. The largest absolute Gasteiger partial charge is 0.114 e. The molecule has 8 radical (unpaired) electrons. The molecule has 0 heterocycles. The molecule has 0 aliphatic rings. The van der Waals surface area contributed by atoms with Crippen LogP contribution in [-0.2, 0) is 0 Å². The Kier molecular flexibility index (Phi) is 5.71. The van der Waals surface area contributed by atoms with Crippen molar-refractivity contribution in [2.45, 2.75) is 41.5 Å². The van der Waals surface area contributed by atoms with Crippen LogP contribution in [0.5, 0.6) is 0 Å². The molecule has 0 saturated carbocycles. The maximum absolute atomic E-state index is 6.16. The SMILES string of the molecule is [B]C(=CC(C)(C)C)c1cc([B])c(C([B])=CC(C)(C)C)cc1[B]. The molecule has 0 atom stereocenters. The van der Waals surface area contributed by atoms with Crippen LogP contribution < -0.4 is 10.9 Å². The van der Waals surface area contributed by atoms with Crippen molar-refractivity contribution in [3.05, 3.63) is 35.4 Å². The standard InChI is InChI=1S/C18H22B4/c1-17(2,3)9-15(21)11-7-14(20)12(8-13(11)19)16(22)10-18(4,5)6/h7-10H,1-6H3. The van der Waals surface area contributed by atoms with Crippen LogP contribution in [0.3, 0.4) is 0 Å². The van der Waals surface area contributed by atoms with Gasteiger partial charge in [0.25, 0.3) is 0 Å². The highest BCUT2D eigenvalue weighted by atomic mass is 14.1. The van der Waals surface area contributed by atoms with E-state index in [1.165, 1.54) is 0 Å². The van der Waals surface area contributed by atoms with Gasteiger partial charge < -0.3 is 0 Å². The van der Waals surface area contributed by atoms with Crippen molar-refractivity contribution in [2.75, 3.05) is 0 Å². The molecule has 0 saturated heterocycles. The molecule has 0 fully saturated rings. The van der Waals surface area contributed by atoms with Crippen molar-refractivity contribution >= 4 is 53.3 Å². The van der Waals surface area contributed by atoms with Crippen LogP contribution in [0.4, 0.5) is 0 Å². The molecule has 106 valence electrons. The molecule has 0 aliphatic carbocycles. The highest BCUT2D eigenvalue weighted by Crippen LogP contribution is 2.23. The highest BCUT2D eigenvalue weighted by molar-refractivity contribution is 6.50. The smallest absolute Gasteiger partial charge is 0.0936 e. The lowest BCUT2D eigenvalue weighted by molar-refractivity contribution is 0.546. The molecule has 22 heavy (non-hydrogen) atoms. The average Bonchev–Trinajstić information content (AvgIpc) is 2.26. The van der Waals surface area contributed by atoms with Crippen molar-refractivity contribution in [1.29, 1.82) is 0 Å². The molecule has 0 spiro atoms. The van der Waals surface area contributed by atoms with Gasteiger partial charge in [0.15, 0.2) is 0 Å². The zero-order chi connectivity index (χ0) is 17.3. The Morgan fingerprint density at radius 2 is 1.00 bits per heavy atom. The second kappa shape index (κ2) is 6.60. The summed E-state index contributed by atoms with van der Waals surface area (Å²) >= 11 is 0. The normalized spacial score (nSPS) is 14.3. The summed E-state index contributed by atoms with van der Waals surface area (Å²) in [6, 6.07) is 3.59. The molecule has 0 N–H and O–H groups in total. The number of rotatable bonds is 2. The number of hydrogen-bond acceptors (Lipinski definition) is 0. The predicted octanol–water partition coefficient (Wildman–Crippen LogP) is 2.39. The predicted molar refractivity (Wildman–Crippen MR) is 104 cm³/mol. The van der Waals surface area contributed by atoms with E-state index in [0.717, 1.165) is 11.1 Å². The van der Waals surface area contributed by atoms with E-state index in [2.05, 4.69) is 41.5 Å². The van der Waals surface area contributed by atoms with Crippen molar-refractivity contribution in [3.63, 3.8) is 0 Å². The summed E-state index contributed by atoms with van der Waals surface area (Å²) in [6.45, 7) is 12.5. The van der Waals surface area contributed by atoms with Crippen LogP contribution in [0.1, 0.15) is 52.7 Å². The van der Waals surface area contributed by atoms with Gasteiger partial charge in [-0.3, -0.25) is 0 Å². The molecule has 0 unspecified atom stereocenters. The zero-order valence-electron chi connectivity index (χ0n) is 14.6. The minimum atomic E-state index is -0.0326. The maximum atomic E-state index is 6.16. The van der Waals surface area contributed by atoms with Gasteiger partial charge in [0, 0.05) is 0 Å². The Morgan fingerprint density at radius 3 is 1.23 bits per heavy atom. The molecule has 0 amide bonds. The number of benzene rings is 1. The van der Waals surface area contributed by atoms with E-state index in [1.54, 1.807) is 12.1 Å². The van der Waals surface area contributed by atoms with Crippen molar-refractivity contribution in [1.82, 2.24) is 0 Å². The first-order valence-corrected chi connectivity index (χ1v) is 7.46. The van der Waals surface area contributed by atoms with Crippen molar-refractivity contribution in [3.8, 4) is 0 Å². The maximum Gasteiger partial charge on any atom is 0.114 e. The highest BCUT2D eigenvalue weighted by Gasteiger charge is 2.12. The van der Waals surface area contributed by atoms with Gasteiger partial charge in [-0.2, -0.15) is 0 Å². The second-order valence-corrected chi connectivity index (χ2v) is 7.96. The van der Waals surface area contributed by atoms with Crippen LogP contribution in [0.25, 0.3) is 10.9 Å². The van der Waals surface area contributed by atoms with Gasteiger partial charge in [-0.15, -0.1) is 0 Å². The molecule has 1 aromatic carbocycles. The topological polar surface area (TPSA) is 0 Å². The quantitative estimate of drug-likeness (QED) is 0.730. The van der Waals surface area contributed by atoms with E-state index >= 15 is 0 Å². The summed E-state index contributed by atoms with van der Waals surface area (Å²) in [5, 5.41) is 0. The van der Waals surface area contributed by atoms with E-state index in [4.69, 9.17) is 31.4 Å². The third kappa shape index (κ3) is 5.63. The summed E-state index contributed by atoms with van der Waals surface area (Å²) in [5.41, 5.74) is 3.84. The van der Waals surface area contributed by atoms with Crippen molar-refractivity contribution in [2.24, 2.45) is 10.8 Å². The van der Waals surface area contributed by atoms with E-state index in [9.17, 15) is 0 Å². The average molecular weight is 282 g/mol. The van der Waals surface area contributed by atoms with Crippen LogP contribution in [0.2, 0.25) is 0 Å². The van der Waals surface area contributed by atoms with Gasteiger partial charge in [-0.25, -0.2) is 0 Å². The molecule has 1 aromatic rings. The molecular formula is C18H22B4. The molecule has 4 heteroatoms. The molecule has 0 aliphatic heterocycles. The van der Waals surface area contributed by atoms with Gasteiger partial charge in [-0.05, 0) is 22.0 Å². The molecule has 0 nitrogen and oxygen atoms in total. The van der Waals surface area contributed by atoms with Gasteiger partial charge in [0.05, 0.1) is 0 Å². The van der Waals surface area contributed by atoms with E-state index in [1.807, 2.05) is 12.2 Å². The van der Waals surface area contributed by atoms with Crippen LogP contribution >= 0.6 is 0 Å². The molecular weight excluding hydrogens is 259 g/mol. The van der Waals surface area contributed by atoms with Gasteiger partial charge >= 0.3 is 0 Å². The van der Waals surface area contributed by atoms with Gasteiger partial charge in [0.1, 0.15) is 31.4 Å². The minimum Gasteiger partial charge on any atom is -0.0936 e. The minimum absolute atomic E-state index is 0.0326. The first-order chi connectivity index (χ1) is 9.80. The third-order valence-corrected chi connectivity index (χ3v) is 3.02. The van der Waals surface area contributed by atoms with Crippen LogP contribution in [-0.4, -0.2) is 31.4 Å². The third-order valence-electron chi connectivity index (χ3n) is 3.02. The van der Waals surface area contributed by atoms with E-state index in [0.29, 0.717) is 21.9 Å². The first-order valence-electron chi connectivity index (χ1n) is 7.46. The molecule has 1 rings (SSSR count). The van der Waals surface area contributed by atoms with Gasteiger partial charge in [0.2, 0.25) is 0 Å². The summed E-state index contributed by atoms with van der Waals surface area (Å²) in [4.78, 5) is 0. The monoisotopic (exact) mass is 282 g/mol. The number of allylic oxidation sites excluding steroid dienone is 2. The van der Waals surface area contributed by atoms with Crippen LogP contribution in [0, 0.1) is 10.8 Å². The Hall–Kier alpha value is -1.04. The number of hydrogen-bond donors (Lipinski definition) is 0. The summed E-state index contributed by atoms with van der Waals surface area (Å²) in [5.74, 6) is 0. The van der Waals surface area contributed by atoms with E-state index in [-0.39, 0.29) is 10.8 Å². The molecule has 0 aromatic heterocycles.